The van der Waals surface area contributed by atoms with E-state index in [0.717, 1.165) is 0 Å². The fraction of sp³-hybridized carbons (Fsp3) is 1.00. The second-order valence-electron chi connectivity index (χ2n) is 5.80. The van der Waals surface area contributed by atoms with Crippen LogP contribution in [0.3, 0.4) is 0 Å². The van der Waals surface area contributed by atoms with Gasteiger partial charge in [-0.05, 0) is 43.4 Å². The lowest BCUT2D eigenvalue weighted by Gasteiger charge is -2.38. The maximum Gasteiger partial charge on any atom is 0.0873 e. The predicted octanol–water partition coefficient (Wildman–Crippen LogP) is 2.35. The number of hydrogen-bond donors (Lipinski definition) is 1. The normalized spacial score (nSPS) is 54.8. The zero-order valence-electron chi connectivity index (χ0n) is 9.56. The van der Waals surface area contributed by atoms with Gasteiger partial charge in [0.05, 0.1) is 18.3 Å². The Balaban J connectivity index is 1.69. The minimum atomic E-state index is -0.0632. The highest BCUT2D eigenvalue weighted by atomic mass is 16.6. The molecule has 86 valence electrons. The van der Waals surface area contributed by atoms with E-state index in [-0.39, 0.29) is 6.10 Å². The minimum Gasteiger partial charge on any atom is -0.393 e. The SMILES string of the molecule is CC1CCCC(C2CCCC3OC32)C1O. The van der Waals surface area contributed by atoms with Crippen LogP contribution in [0.1, 0.15) is 45.4 Å². The van der Waals surface area contributed by atoms with Crippen LogP contribution in [0.15, 0.2) is 0 Å². The average molecular weight is 210 g/mol. The molecule has 15 heavy (non-hydrogen) atoms. The van der Waals surface area contributed by atoms with Crippen LogP contribution in [0, 0.1) is 17.8 Å². The molecule has 0 aromatic carbocycles. The molecule has 6 unspecified atom stereocenters. The van der Waals surface area contributed by atoms with Crippen LogP contribution < -0.4 is 0 Å². The van der Waals surface area contributed by atoms with Crippen molar-refractivity contribution in [2.24, 2.45) is 17.8 Å². The fourth-order valence-electron chi connectivity index (χ4n) is 3.85. The molecule has 2 heteroatoms. The monoisotopic (exact) mass is 210 g/mol. The third-order valence-corrected chi connectivity index (χ3v) is 4.84. The molecular weight excluding hydrogens is 188 g/mol. The van der Waals surface area contributed by atoms with Gasteiger partial charge in [0.25, 0.3) is 0 Å². The van der Waals surface area contributed by atoms with Crippen molar-refractivity contribution in [1.82, 2.24) is 0 Å². The molecule has 1 heterocycles. The molecule has 1 aliphatic heterocycles. The Labute approximate surface area is 92.0 Å². The Bertz CT molecular complexity index is 241. The molecule has 3 aliphatic rings. The van der Waals surface area contributed by atoms with E-state index in [1.54, 1.807) is 0 Å². The molecule has 3 rings (SSSR count). The highest BCUT2D eigenvalue weighted by molar-refractivity contribution is 4.99. The van der Waals surface area contributed by atoms with E-state index in [1.165, 1.54) is 38.5 Å². The molecule has 2 saturated carbocycles. The largest absolute Gasteiger partial charge is 0.393 e. The number of epoxide rings is 1. The van der Waals surface area contributed by atoms with E-state index >= 15 is 0 Å². The van der Waals surface area contributed by atoms with Gasteiger partial charge in [0.2, 0.25) is 0 Å². The molecule has 2 aliphatic carbocycles. The molecule has 0 spiro atoms. The first-order chi connectivity index (χ1) is 7.27. The Morgan fingerprint density at radius 2 is 1.73 bits per heavy atom. The highest BCUT2D eigenvalue weighted by Gasteiger charge is 2.51. The Morgan fingerprint density at radius 1 is 1.00 bits per heavy atom. The molecule has 1 N–H and O–H groups in total. The topological polar surface area (TPSA) is 32.8 Å². The summed E-state index contributed by atoms with van der Waals surface area (Å²) in [5.41, 5.74) is 0. The number of ether oxygens (including phenoxy) is 1. The third-order valence-electron chi connectivity index (χ3n) is 4.84. The minimum absolute atomic E-state index is 0.0632. The van der Waals surface area contributed by atoms with Crippen molar-refractivity contribution in [3.05, 3.63) is 0 Å². The second-order valence-corrected chi connectivity index (χ2v) is 5.80. The van der Waals surface area contributed by atoms with Crippen molar-refractivity contribution in [2.75, 3.05) is 0 Å². The van der Waals surface area contributed by atoms with Gasteiger partial charge >= 0.3 is 0 Å². The maximum absolute atomic E-state index is 10.3. The number of hydrogen-bond acceptors (Lipinski definition) is 2. The average Bonchev–Trinajstić information content (AvgIpc) is 3.01. The van der Waals surface area contributed by atoms with Gasteiger partial charge in [-0.25, -0.2) is 0 Å². The predicted molar refractivity (Wildman–Crippen MR) is 58.5 cm³/mol. The summed E-state index contributed by atoms with van der Waals surface area (Å²) < 4.78 is 5.72. The Morgan fingerprint density at radius 3 is 2.60 bits per heavy atom. The van der Waals surface area contributed by atoms with Gasteiger partial charge in [0.15, 0.2) is 0 Å². The zero-order chi connectivity index (χ0) is 10.4. The number of aliphatic hydroxyl groups is 1. The molecule has 3 fully saturated rings. The highest BCUT2D eigenvalue weighted by Crippen LogP contribution is 2.48. The quantitative estimate of drug-likeness (QED) is 0.674. The number of fused-ring (bicyclic) bond motifs is 1. The zero-order valence-corrected chi connectivity index (χ0v) is 9.56. The Hall–Kier alpha value is -0.0800. The van der Waals surface area contributed by atoms with E-state index in [9.17, 15) is 5.11 Å². The van der Waals surface area contributed by atoms with Gasteiger partial charge in [0, 0.05) is 0 Å². The van der Waals surface area contributed by atoms with E-state index in [4.69, 9.17) is 4.74 Å². The van der Waals surface area contributed by atoms with Crippen molar-refractivity contribution in [3.63, 3.8) is 0 Å². The number of aliphatic hydroxyl groups excluding tert-OH is 1. The van der Waals surface area contributed by atoms with Gasteiger partial charge in [-0.1, -0.05) is 19.8 Å². The van der Waals surface area contributed by atoms with Crippen LogP contribution in [0.2, 0.25) is 0 Å². The molecule has 2 nitrogen and oxygen atoms in total. The second kappa shape index (κ2) is 3.74. The fourth-order valence-corrected chi connectivity index (χ4v) is 3.85. The summed E-state index contributed by atoms with van der Waals surface area (Å²) >= 11 is 0. The summed E-state index contributed by atoms with van der Waals surface area (Å²) in [7, 11) is 0. The van der Waals surface area contributed by atoms with E-state index in [0.29, 0.717) is 30.0 Å². The summed E-state index contributed by atoms with van der Waals surface area (Å²) in [6.45, 7) is 2.20. The first kappa shape index (κ1) is 10.1. The molecule has 0 aromatic rings. The first-order valence-corrected chi connectivity index (χ1v) is 6.61. The molecule has 0 radical (unpaired) electrons. The third kappa shape index (κ3) is 1.72. The standard InChI is InChI=1S/C13H22O2/c1-8-4-2-5-9(12(8)14)10-6-3-7-11-13(10)15-11/h8-14H,2-7H2,1H3. The van der Waals surface area contributed by atoms with Crippen LogP contribution in [0.5, 0.6) is 0 Å². The van der Waals surface area contributed by atoms with E-state index in [1.807, 2.05) is 0 Å². The van der Waals surface area contributed by atoms with Crippen molar-refractivity contribution in [3.8, 4) is 0 Å². The molecule has 0 amide bonds. The smallest absolute Gasteiger partial charge is 0.0873 e. The van der Waals surface area contributed by atoms with Crippen LogP contribution in [0.4, 0.5) is 0 Å². The summed E-state index contributed by atoms with van der Waals surface area (Å²) in [4.78, 5) is 0. The van der Waals surface area contributed by atoms with Gasteiger partial charge in [-0.15, -0.1) is 0 Å². The molecular formula is C13H22O2. The van der Waals surface area contributed by atoms with Crippen molar-refractivity contribution in [1.29, 1.82) is 0 Å². The number of rotatable bonds is 1. The summed E-state index contributed by atoms with van der Waals surface area (Å²) in [5.74, 6) is 1.70. The van der Waals surface area contributed by atoms with Crippen molar-refractivity contribution >= 4 is 0 Å². The van der Waals surface area contributed by atoms with Gasteiger partial charge in [-0.3, -0.25) is 0 Å². The maximum atomic E-state index is 10.3. The van der Waals surface area contributed by atoms with Crippen molar-refractivity contribution < 1.29 is 9.84 Å². The van der Waals surface area contributed by atoms with E-state index in [2.05, 4.69) is 6.92 Å². The molecule has 0 aromatic heterocycles. The van der Waals surface area contributed by atoms with Gasteiger partial charge in [0.1, 0.15) is 0 Å². The lowest BCUT2D eigenvalue weighted by atomic mass is 9.69. The lowest BCUT2D eigenvalue weighted by Crippen LogP contribution is -2.39. The van der Waals surface area contributed by atoms with Crippen LogP contribution in [0.25, 0.3) is 0 Å². The van der Waals surface area contributed by atoms with Gasteiger partial charge in [-0.2, -0.15) is 0 Å². The summed E-state index contributed by atoms with van der Waals surface area (Å²) in [6, 6.07) is 0. The summed E-state index contributed by atoms with van der Waals surface area (Å²) in [5, 5.41) is 10.3. The molecule has 6 atom stereocenters. The van der Waals surface area contributed by atoms with Gasteiger partial charge < -0.3 is 9.84 Å². The lowest BCUT2D eigenvalue weighted by molar-refractivity contribution is -0.0119. The molecule has 1 saturated heterocycles. The Kier molecular flexibility index (Phi) is 2.52. The van der Waals surface area contributed by atoms with Crippen LogP contribution in [-0.2, 0) is 4.74 Å². The van der Waals surface area contributed by atoms with Crippen LogP contribution in [-0.4, -0.2) is 23.4 Å². The molecule has 0 bridgehead atoms. The van der Waals surface area contributed by atoms with E-state index < -0.39 is 0 Å². The summed E-state index contributed by atoms with van der Waals surface area (Å²) in [6.07, 6.45) is 8.61. The first-order valence-electron chi connectivity index (χ1n) is 6.61. The van der Waals surface area contributed by atoms with Crippen molar-refractivity contribution in [2.45, 2.75) is 63.8 Å². The van der Waals surface area contributed by atoms with Crippen LogP contribution >= 0.6 is 0 Å².